The zero-order valence-corrected chi connectivity index (χ0v) is 12.2. The van der Waals surface area contributed by atoms with Crippen LogP contribution in [0.15, 0.2) is 46.1 Å². The third-order valence-corrected chi connectivity index (χ3v) is 3.23. The molecule has 0 spiro atoms. The summed E-state index contributed by atoms with van der Waals surface area (Å²) >= 11 is 3.11. The van der Waals surface area contributed by atoms with Gasteiger partial charge in [0.15, 0.2) is 0 Å². The summed E-state index contributed by atoms with van der Waals surface area (Å²) in [6.07, 6.45) is 1.74. The third kappa shape index (κ3) is 3.61. The molecule has 0 aliphatic heterocycles. The predicted molar refractivity (Wildman–Crippen MR) is 78.9 cm³/mol. The summed E-state index contributed by atoms with van der Waals surface area (Å²) in [5, 5.41) is 4.23. The maximum Gasteiger partial charge on any atom is 0.139 e. The molecule has 0 radical (unpaired) electrons. The van der Waals surface area contributed by atoms with Gasteiger partial charge in [-0.2, -0.15) is 5.10 Å². The van der Waals surface area contributed by atoms with Crippen molar-refractivity contribution in [2.75, 3.05) is 5.43 Å². The molecule has 1 heterocycles. The first kappa shape index (κ1) is 13.7. The van der Waals surface area contributed by atoms with E-state index in [4.69, 9.17) is 0 Å². The van der Waals surface area contributed by atoms with Gasteiger partial charge in [-0.1, -0.05) is 0 Å². The van der Waals surface area contributed by atoms with Crippen LogP contribution in [0.1, 0.15) is 18.2 Å². The highest BCUT2D eigenvalue weighted by atomic mass is 79.9. The fraction of sp³-hybridized carbons (Fsp3) is 0.143. The minimum absolute atomic E-state index is 0.322. The van der Waals surface area contributed by atoms with E-state index in [-0.39, 0.29) is 5.82 Å². The monoisotopic (exact) mass is 321 g/mol. The van der Waals surface area contributed by atoms with Crippen LogP contribution in [0.2, 0.25) is 0 Å². The molecule has 0 aliphatic carbocycles. The van der Waals surface area contributed by atoms with Crippen molar-refractivity contribution < 1.29 is 4.39 Å². The van der Waals surface area contributed by atoms with Crippen molar-refractivity contribution in [1.82, 2.24) is 4.98 Å². The third-order valence-electron chi connectivity index (χ3n) is 2.59. The summed E-state index contributed by atoms with van der Waals surface area (Å²) in [7, 11) is 0. The Bertz CT molecular complexity index is 626. The summed E-state index contributed by atoms with van der Waals surface area (Å²) in [6, 6.07) is 8.61. The molecule has 0 unspecified atom stereocenters. The largest absolute Gasteiger partial charge is 0.278 e. The van der Waals surface area contributed by atoms with Crippen LogP contribution in [-0.4, -0.2) is 10.7 Å². The number of hydrazone groups is 1. The Morgan fingerprint density at radius 2 is 2.11 bits per heavy atom. The lowest BCUT2D eigenvalue weighted by molar-refractivity contribution is 0.621. The van der Waals surface area contributed by atoms with Crippen LogP contribution in [0.4, 0.5) is 10.1 Å². The van der Waals surface area contributed by atoms with Gasteiger partial charge in [-0.05, 0) is 54.0 Å². The quantitative estimate of drug-likeness (QED) is 0.681. The number of anilines is 1. The number of benzene rings is 1. The summed E-state index contributed by atoms with van der Waals surface area (Å²) in [5.74, 6) is -0.322. The Labute approximate surface area is 119 Å². The molecule has 3 nitrogen and oxygen atoms in total. The Morgan fingerprint density at radius 1 is 1.32 bits per heavy atom. The summed E-state index contributed by atoms with van der Waals surface area (Å²) in [4.78, 5) is 4.13. The molecule has 1 aromatic carbocycles. The topological polar surface area (TPSA) is 37.3 Å². The van der Waals surface area contributed by atoms with Crippen molar-refractivity contribution in [3.63, 3.8) is 0 Å². The SMILES string of the molecule is CC(=NNc1ccc(Br)c(F)c1)c1ccnc(C)c1. The van der Waals surface area contributed by atoms with E-state index in [1.165, 1.54) is 6.07 Å². The van der Waals surface area contributed by atoms with Gasteiger partial charge in [0.2, 0.25) is 0 Å². The normalized spacial score (nSPS) is 11.5. The number of aromatic nitrogens is 1. The first-order valence-corrected chi connectivity index (χ1v) is 6.54. The van der Waals surface area contributed by atoms with E-state index in [0.29, 0.717) is 10.2 Å². The van der Waals surface area contributed by atoms with E-state index in [9.17, 15) is 4.39 Å². The molecular formula is C14H13BrFN3. The molecule has 5 heteroatoms. The fourth-order valence-corrected chi connectivity index (χ4v) is 1.80. The Morgan fingerprint density at radius 3 is 2.79 bits per heavy atom. The van der Waals surface area contributed by atoms with Crippen molar-refractivity contribution in [3.05, 3.63) is 58.1 Å². The lowest BCUT2D eigenvalue weighted by Crippen LogP contribution is -2.00. The lowest BCUT2D eigenvalue weighted by Gasteiger charge is -2.05. The Balaban J connectivity index is 2.15. The predicted octanol–water partition coefficient (Wildman–Crippen LogP) is 4.13. The second-order valence-corrected chi connectivity index (χ2v) is 4.98. The molecule has 98 valence electrons. The zero-order valence-electron chi connectivity index (χ0n) is 10.6. The second-order valence-electron chi connectivity index (χ2n) is 4.12. The van der Waals surface area contributed by atoms with Gasteiger partial charge in [0, 0.05) is 23.5 Å². The van der Waals surface area contributed by atoms with Gasteiger partial charge in [-0.3, -0.25) is 10.4 Å². The summed E-state index contributed by atoms with van der Waals surface area (Å²) in [6.45, 7) is 3.81. The molecule has 19 heavy (non-hydrogen) atoms. The molecule has 0 aliphatic rings. The van der Waals surface area contributed by atoms with E-state index in [0.717, 1.165) is 17.0 Å². The number of nitrogens with zero attached hydrogens (tertiary/aromatic N) is 2. The number of halogens is 2. The molecule has 1 N–H and O–H groups in total. The average Bonchev–Trinajstić information content (AvgIpc) is 2.40. The minimum Gasteiger partial charge on any atom is -0.278 e. The molecular weight excluding hydrogens is 309 g/mol. The number of pyridine rings is 1. The highest BCUT2D eigenvalue weighted by Crippen LogP contribution is 2.19. The molecule has 0 saturated carbocycles. The van der Waals surface area contributed by atoms with Crippen LogP contribution in [0.3, 0.4) is 0 Å². The van der Waals surface area contributed by atoms with Gasteiger partial charge in [-0.15, -0.1) is 0 Å². The van der Waals surface area contributed by atoms with E-state index in [2.05, 4.69) is 31.4 Å². The van der Waals surface area contributed by atoms with Gasteiger partial charge < -0.3 is 0 Å². The maximum absolute atomic E-state index is 13.3. The Hall–Kier alpha value is -1.75. The van der Waals surface area contributed by atoms with E-state index >= 15 is 0 Å². The molecule has 1 aromatic heterocycles. The summed E-state index contributed by atoms with van der Waals surface area (Å²) < 4.78 is 13.8. The average molecular weight is 322 g/mol. The molecule has 0 saturated heterocycles. The van der Waals surface area contributed by atoms with Crippen LogP contribution in [-0.2, 0) is 0 Å². The standard InChI is InChI=1S/C14H13BrFN3/c1-9-7-11(5-6-17-9)10(2)18-19-12-3-4-13(15)14(16)8-12/h3-8,19H,1-2H3. The number of rotatable bonds is 3. The molecule has 0 bridgehead atoms. The van der Waals surface area contributed by atoms with Crippen LogP contribution >= 0.6 is 15.9 Å². The first-order valence-electron chi connectivity index (χ1n) is 5.74. The van der Waals surface area contributed by atoms with E-state index in [1.54, 1.807) is 18.3 Å². The van der Waals surface area contributed by atoms with Crippen LogP contribution in [0.5, 0.6) is 0 Å². The zero-order chi connectivity index (χ0) is 13.8. The van der Waals surface area contributed by atoms with Gasteiger partial charge in [0.1, 0.15) is 5.82 Å². The van der Waals surface area contributed by atoms with Crippen molar-refractivity contribution in [2.24, 2.45) is 5.10 Å². The summed E-state index contributed by atoms with van der Waals surface area (Å²) in [5.41, 5.74) is 6.17. The number of hydrogen-bond acceptors (Lipinski definition) is 3. The molecule has 0 fully saturated rings. The number of aryl methyl sites for hydroxylation is 1. The van der Waals surface area contributed by atoms with Gasteiger partial charge in [-0.25, -0.2) is 4.39 Å². The smallest absolute Gasteiger partial charge is 0.139 e. The highest BCUT2D eigenvalue weighted by molar-refractivity contribution is 9.10. The highest BCUT2D eigenvalue weighted by Gasteiger charge is 2.01. The van der Waals surface area contributed by atoms with Gasteiger partial charge in [0.05, 0.1) is 15.9 Å². The molecule has 0 atom stereocenters. The van der Waals surface area contributed by atoms with Crippen molar-refractivity contribution >= 4 is 27.3 Å². The molecule has 2 aromatic rings. The van der Waals surface area contributed by atoms with Crippen molar-refractivity contribution in [3.8, 4) is 0 Å². The number of hydrogen-bond donors (Lipinski definition) is 1. The van der Waals surface area contributed by atoms with Gasteiger partial charge in [0.25, 0.3) is 0 Å². The van der Waals surface area contributed by atoms with Crippen LogP contribution in [0, 0.1) is 12.7 Å². The molecule has 2 rings (SSSR count). The first-order chi connectivity index (χ1) is 9.06. The number of nitrogens with one attached hydrogen (secondary N) is 1. The lowest BCUT2D eigenvalue weighted by atomic mass is 10.1. The second kappa shape index (κ2) is 5.93. The Kier molecular flexibility index (Phi) is 4.27. The minimum atomic E-state index is -0.322. The van der Waals surface area contributed by atoms with Crippen molar-refractivity contribution in [1.29, 1.82) is 0 Å². The maximum atomic E-state index is 13.3. The van der Waals surface area contributed by atoms with Crippen molar-refractivity contribution in [2.45, 2.75) is 13.8 Å². The van der Waals surface area contributed by atoms with E-state index < -0.39 is 0 Å². The van der Waals surface area contributed by atoms with Crippen LogP contribution in [0.25, 0.3) is 0 Å². The molecule has 0 amide bonds. The van der Waals surface area contributed by atoms with Gasteiger partial charge >= 0.3 is 0 Å². The van der Waals surface area contributed by atoms with Crippen LogP contribution < -0.4 is 5.43 Å². The van der Waals surface area contributed by atoms with E-state index in [1.807, 2.05) is 26.0 Å². The fourth-order valence-electron chi connectivity index (χ4n) is 1.55.